The molecule has 0 radical (unpaired) electrons. The summed E-state index contributed by atoms with van der Waals surface area (Å²) in [6.45, 7) is 4.35. The molecule has 0 atom stereocenters. The highest BCUT2D eigenvalue weighted by Gasteiger charge is 2.13. The normalized spacial score (nSPS) is 10.2. The number of carbonyl (C=O) groups is 2. The molecule has 0 aromatic heterocycles. The average Bonchev–Trinajstić information content (AvgIpc) is 2.63. The van der Waals surface area contributed by atoms with Crippen molar-refractivity contribution >= 4 is 11.8 Å². The molecule has 0 aliphatic heterocycles. The minimum absolute atomic E-state index is 0.199. The Kier molecular flexibility index (Phi) is 6.83. The SMILES string of the molecule is CC(C)COc1ccccc1C(=O)NNC(=O)COc1ccccc1. The van der Waals surface area contributed by atoms with Crippen molar-refractivity contribution in [2.45, 2.75) is 13.8 Å². The number of hydrogen-bond donors (Lipinski definition) is 2. The van der Waals surface area contributed by atoms with E-state index in [-0.39, 0.29) is 6.61 Å². The van der Waals surface area contributed by atoms with Crippen molar-refractivity contribution in [2.24, 2.45) is 5.92 Å². The van der Waals surface area contributed by atoms with Crippen molar-refractivity contribution in [3.63, 3.8) is 0 Å². The van der Waals surface area contributed by atoms with Crippen LogP contribution < -0.4 is 20.3 Å². The first-order chi connectivity index (χ1) is 12.1. The second kappa shape index (κ2) is 9.32. The molecule has 2 N–H and O–H groups in total. The fourth-order valence-corrected chi connectivity index (χ4v) is 1.93. The maximum Gasteiger partial charge on any atom is 0.276 e. The predicted molar refractivity (Wildman–Crippen MR) is 94.3 cm³/mol. The Bertz CT molecular complexity index is 702. The van der Waals surface area contributed by atoms with Crippen LogP contribution in [0.1, 0.15) is 24.2 Å². The van der Waals surface area contributed by atoms with Crippen LogP contribution in [0.25, 0.3) is 0 Å². The van der Waals surface area contributed by atoms with Gasteiger partial charge in [0.1, 0.15) is 11.5 Å². The van der Waals surface area contributed by atoms with Crippen LogP contribution in [-0.4, -0.2) is 25.0 Å². The fraction of sp³-hybridized carbons (Fsp3) is 0.263. The Morgan fingerprint density at radius 1 is 0.920 bits per heavy atom. The molecule has 0 bridgehead atoms. The second-order valence-electron chi connectivity index (χ2n) is 5.81. The molecular weight excluding hydrogens is 320 g/mol. The van der Waals surface area contributed by atoms with E-state index >= 15 is 0 Å². The number of ether oxygens (including phenoxy) is 2. The summed E-state index contributed by atoms with van der Waals surface area (Å²) in [6.07, 6.45) is 0. The van der Waals surface area contributed by atoms with Gasteiger partial charge in [-0.1, -0.05) is 44.2 Å². The van der Waals surface area contributed by atoms with E-state index in [1.807, 2.05) is 32.0 Å². The van der Waals surface area contributed by atoms with Gasteiger partial charge in [-0.15, -0.1) is 0 Å². The molecule has 0 spiro atoms. The molecule has 0 aliphatic carbocycles. The number of carbonyl (C=O) groups excluding carboxylic acids is 2. The first-order valence-electron chi connectivity index (χ1n) is 8.05. The van der Waals surface area contributed by atoms with Crippen LogP contribution in [0.4, 0.5) is 0 Å². The zero-order valence-electron chi connectivity index (χ0n) is 14.3. The Balaban J connectivity index is 1.84. The Morgan fingerprint density at radius 3 is 2.32 bits per heavy atom. The summed E-state index contributed by atoms with van der Waals surface area (Å²) in [6, 6.07) is 15.8. The van der Waals surface area contributed by atoms with Crippen LogP contribution in [0.3, 0.4) is 0 Å². The molecule has 6 nitrogen and oxygen atoms in total. The third-order valence-electron chi connectivity index (χ3n) is 3.13. The minimum Gasteiger partial charge on any atom is -0.492 e. The van der Waals surface area contributed by atoms with Crippen LogP contribution in [0.5, 0.6) is 11.5 Å². The topological polar surface area (TPSA) is 76.7 Å². The Hall–Kier alpha value is -3.02. The smallest absolute Gasteiger partial charge is 0.276 e. The predicted octanol–water partition coefficient (Wildman–Crippen LogP) is 2.56. The van der Waals surface area contributed by atoms with E-state index in [1.54, 1.807) is 36.4 Å². The van der Waals surface area contributed by atoms with E-state index in [9.17, 15) is 9.59 Å². The maximum absolute atomic E-state index is 12.2. The van der Waals surface area contributed by atoms with E-state index in [4.69, 9.17) is 9.47 Å². The molecule has 2 rings (SSSR count). The van der Waals surface area contributed by atoms with Crippen molar-refractivity contribution in [2.75, 3.05) is 13.2 Å². The van der Waals surface area contributed by atoms with Gasteiger partial charge in [-0.2, -0.15) is 0 Å². The molecule has 2 aromatic carbocycles. The number of benzene rings is 2. The van der Waals surface area contributed by atoms with Gasteiger partial charge in [-0.25, -0.2) is 0 Å². The number of para-hydroxylation sites is 2. The number of rotatable bonds is 7. The van der Waals surface area contributed by atoms with Crippen molar-refractivity contribution in [3.05, 3.63) is 60.2 Å². The minimum atomic E-state index is -0.460. The van der Waals surface area contributed by atoms with Crippen molar-refractivity contribution in [1.82, 2.24) is 10.9 Å². The molecule has 25 heavy (non-hydrogen) atoms. The number of hydrazine groups is 1. The molecule has 132 valence electrons. The van der Waals surface area contributed by atoms with E-state index in [0.29, 0.717) is 29.6 Å². The fourth-order valence-electron chi connectivity index (χ4n) is 1.93. The lowest BCUT2D eigenvalue weighted by molar-refractivity contribution is -0.123. The summed E-state index contributed by atoms with van der Waals surface area (Å²) in [5.74, 6) is 0.482. The zero-order chi connectivity index (χ0) is 18.1. The molecule has 2 aromatic rings. The van der Waals surface area contributed by atoms with Gasteiger partial charge in [0.05, 0.1) is 12.2 Å². The molecule has 0 fully saturated rings. The van der Waals surface area contributed by atoms with Crippen LogP contribution >= 0.6 is 0 Å². The monoisotopic (exact) mass is 342 g/mol. The van der Waals surface area contributed by atoms with Gasteiger partial charge in [0, 0.05) is 0 Å². The highest BCUT2D eigenvalue weighted by molar-refractivity contribution is 5.97. The highest BCUT2D eigenvalue weighted by atomic mass is 16.5. The lowest BCUT2D eigenvalue weighted by Crippen LogP contribution is -2.43. The third kappa shape index (κ3) is 6.18. The average molecular weight is 342 g/mol. The Morgan fingerprint density at radius 2 is 1.60 bits per heavy atom. The van der Waals surface area contributed by atoms with Crippen molar-refractivity contribution in [3.8, 4) is 11.5 Å². The molecule has 0 saturated carbocycles. The van der Waals surface area contributed by atoms with Crippen LogP contribution in [0.2, 0.25) is 0 Å². The summed E-state index contributed by atoms with van der Waals surface area (Å²) in [4.78, 5) is 24.0. The summed E-state index contributed by atoms with van der Waals surface area (Å²) in [5.41, 5.74) is 5.04. The van der Waals surface area contributed by atoms with Gasteiger partial charge < -0.3 is 9.47 Å². The largest absolute Gasteiger partial charge is 0.492 e. The quantitative estimate of drug-likeness (QED) is 0.758. The number of nitrogens with one attached hydrogen (secondary N) is 2. The van der Waals surface area contributed by atoms with Crippen LogP contribution in [-0.2, 0) is 4.79 Å². The lowest BCUT2D eigenvalue weighted by Gasteiger charge is -2.13. The molecule has 6 heteroatoms. The standard InChI is InChI=1S/C19H22N2O4/c1-14(2)12-25-17-11-7-6-10-16(17)19(23)21-20-18(22)13-24-15-8-4-3-5-9-15/h3-11,14H,12-13H2,1-2H3,(H,20,22)(H,21,23). The van der Waals surface area contributed by atoms with E-state index < -0.39 is 11.8 Å². The molecular formula is C19H22N2O4. The molecule has 0 aliphatic rings. The van der Waals surface area contributed by atoms with Crippen LogP contribution in [0, 0.1) is 5.92 Å². The lowest BCUT2D eigenvalue weighted by atomic mass is 10.2. The van der Waals surface area contributed by atoms with E-state index in [2.05, 4.69) is 10.9 Å². The Labute approximate surface area is 147 Å². The second-order valence-corrected chi connectivity index (χ2v) is 5.81. The first kappa shape index (κ1) is 18.3. The van der Waals surface area contributed by atoms with E-state index in [1.165, 1.54) is 0 Å². The van der Waals surface area contributed by atoms with Crippen LogP contribution in [0.15, 0.2) is 54.6 Å². The molecule has 2 amide bonds. The molecule has 0 unspecified atom stereocenters. The van der Waals surface area contributed by atoms with Gasteiger partial charge in [0.2, 0.25) is 0 Å². The van der Waals surface area contributed by atoms with Crippen molar-refractivity contribution < 1.29 is 19.1 Å². The van der Waals surface area contributed by atoms with Gasteiger partial charge in [0.15, 0.2) is 6.61 Å². The zero-order valence-corrected chi connectivity index (χ0v) is 14.3. The van der Waals surface area contributed by atoms with E-state index in [0.717, 1.165) is 0 Å². The third-order valence-corrected chi connectivity index (χ3v) is 3.13. The summed E-state index contributed by atoms with van der Waals surface area (Å²) in [7, 11) is 0. The summed E-state index contributed by atoms with van der Waals surface area (Å²) < 4.78 is 10.9. The molecule has 0 saturated heterocycles. The van der Waals surface area contributed by atoms with Crippen molar-refractivity contribution in [1.29, 1.82) is 0 Å². The van der Waals surface area contributed by atoms with Gasteiger partial charge >= 0.3 is 0 Å². The molecule has 0 heterocycles. The first-order valence-corrected chi connectivity index (χ1v) is 8.05. The highest BCUT2D eigenvalue weighted by Crippen LogP contribution is 2.18. The number of amides is 2. The summed E-state index contributed by atoms with van der Waals surface area (Å²) >= 11 is 0. The van der Waals surface area contributed by atoms with Gasteiger partial charge in [-0.05, 0) is 30.2 Å². The van der Waals surface area contributed by atoms with Gasteiger partial charge in [-0.3, -0.25) is 20.4 Å². The number of hydrogen-bond acceptors (Lipinski definition) is 4. The summed E-state index contributed by atoms with van der Waals surface area (Å²) in [5, 5.41) is 0. The van der Waals surface area contributed by atoms with Gasteiger partial charge in [0.25, 0.3) is 11.8 Å². The maximum atomic E-state index is 12.2.